The number of aromatic carboxylic acids is 1. The van der Waals surface area contributed by atoms with E-state index in [1.54, 1.807) is 0 Å². The van der Waals surface area contributed by atoms with Crippen LogP contribution in [0.1, 0.15) is 23.7 Å². The van der Waals surface area contributed by atoms with E-state index in [4.69, 9.17) is 15.6 Å². The molecule has 0 saturated heterocycles. The summed E-state index contributed by atoms with van der Waals surface area (Å²) in [5.74, 6) is -1.78. The molecule has 0 aliphatic carbocycles. The third-order valence-electron chi connectivity index (χ3n) is 3.11. The lowest BCUT2D eigenvalue weighted by Crippen LogP contribution is -2.46. The number of nitrogens with two attached hydrogens (primary N) is 1. The maximum atomic E-state index is 12.1. The summed E-state index contributed by atoms with van der Waals surface area (Å²) >= 11 is 0. The first kappa shape index (κ1) is 13.9. The van der Waals surface area contributed by atoms with Crippen molar-refractivity contribution in [3.05, 3.63) is 23.8 Å². The van der Waals surface area contributed by atoms with Crippen LogP contribution in [-0.2, 0) is 9.59 Å². The molecule has 1 aliphatic rings. The molecule has 1 aromatic rings. The maximum absolute atomic E-state index is 12.1. The van der Waals surface area contributed by atoms with E-state index in [0.29, 0.717) is 5.69 Å². The zero-order chi connectivity index (χ0) is 14.9. The highest BCUT2D eigenvalue weighted by molar-refractivity contribution is 6.02. The van der Waals surface area contributed by atoms with Crippen LogP contribution in [0.3, 0.4) is 0 Å². The summed E-state index contributed by atoms with van der Waals surface area (Å²) in [7, 11) is 0. The molecule has 0 radical (unpaired) electrons. The van der Waals surface area contributed by atoms with Crippen LogP contribution in [0.4, 0.5) is 5.69 Å². The average Bonchev–Trinajstić information content (AvgIpc) is 2.55. The molecule has 1 unspecified atom stereocenters. The van der Waals surface area contributed by atoms with Crippen LogP contribution in [0.25, 0.3) is 0 Å². The van der Waals surface area contributed by atoms with Gasteiger partial charge in [-0.1, -0.05) is 0 Å². The predicted octanol–water partition coefficient (Wildman–Crippen LogP) is 0.374. The molecule has 0 fully saturated rings. The number of carbonyl (C=O) groups excluding carboxylic acids is 2. The minimum atomic E-state index is -1.10. The number of ether oxygens (including phenoxy) is 1. The lowest BCUT2D eigenvalue weighted by atomic mass is 10.1. The monoisotopic (exact) mass is 278 g/mol. The lowest BCUT2D eigenvalue weighted by Gasteiger charge is -2.26. The number of carboxylic acids is 1. The van der Waals surface area contributed by atoms with Gasteiger partial charge in [0.2, 0.25) is 11.8 Å². The molecule has 2 rings (SSSR count). The normalized spacial score (nSPS) is 15.8. The number of carboxylic acid groups (broad SMARTS) is 1. The number of anilines is 1. The third-order valence-corrected chi connectivity index (χ3v) is 3.11. The molecule has 1 aromatic carbocycles. The predicted molar refractivity (Wildman–Crippen MR) is 69.7 cm³/mol. The van der Waals surface area contributed by atoms with Crippen LogP contribution >= 0.6 is 0 Å². The molecular weight excluding hydrogens is 264 g/mol. The number of carbonyl (C=O) groups is 3. The van der Waals surface area contributed by atoms with Crippen molar-refractivity contribution in [2.45, 2.75) is 19.4 Å². The van der Waals surface area contributed by atoms with Gasteiger partial charge < -0.3 is 15.6 Å². The molecule has 0 saturated carbocycles. The minimum Gasteiger partial charge on any atom is -0.491 e. The van der Waals surface area contributed by atoms with E-state index < -0.39 is 17.9 Å². The standard InChI is InChI=1S/C13H14N2O5/c1-7(12(14)17)15-9-3-2-8(13(18)19)6-10(9)20-5-4-11(15)16/h2-3,6-7H,4-5H2,1H3,(H2,14,17)(H,18,19). The van der Waals surface area contributed by atoms with Gasteiger partial charge in [0.25, 0.3) is 0 Å². The summed E-state index contributed by atoms with van der Waals surface area (Å²) in [4.78, 5) is 35.6. The summed E-state index contributed by atoms with van der Waals surface area (Å²) < 4.78 is 5.39. The molecule has 0 bridgehead atoms. The van der Waals surface area contributed by atoms with Gasteiger partial charge in [-0.15, -0.1) is 0 Å². The molecule has 1 heterocycles. The molecule has 0 spiro atoms. The van der Waals surface area contributed by atoms with E-state index in [0.717, 1.165) is 0 Å². The summed E-state index contributed by atoms with van der Waals surface area (Å²) in [5.41, 5.74) is 5.64. The first-order chi connectivity index (χ1) is 9.41. The highest BCUT2D eigenvalue weighted by atomic mass is 16.5. The molecule has 2 amide bonds. The van der Waals surface area contributed by atoms with Gasteiger partial charge in [0.1, 0.15) is 11.8 Å². The van der Waals surface area contributed by atoms with Crippen molar-refractivity contribution in [3.63, 3.8) is 0 Å². The van der Waals surface area contributed by atoms with Gasteiger partial charge in [-0.3, -0.25) is 14.5 Å². The van der Waals surface area contributed by atoms with Crippen LogP contribution in [-0.4, -0.2) is 35.5 Å². The number of benzene rings is 1. The number of hydrogen-bond donors (Lipinski definition) is 2. The Balaban J connectivity index is 2.52. The second-order valence-electron chi connectivity index (χ2n) is 4.43. The zero-order valence-corrected chi connectivity index (χ0v) is 10.8. The van der Waals surface area contributed by atoms with Gasteiger partial charge in [-0.25, -0.2) is 4.79 Å². The lowest BCUT2D eigenvalue weighted by molar-refractivity contribution is -0.124. The Morgan fingerprint density at radius 3 is 2.75 bits per heavy atom. The van der Waals surface area contributed by atoms with E-state index in [2.05, 4.69) is 0 Å². The average molecular weight is 278 g/mol. The first-order valence-corrected chi connectivity index (χ1v) is 6.03. The van der Waals surface area contributed by atoms with Crippen LogP contribution in [0.15, 0.2) is 18.2 Å². The van der Waals surface area contributed by atoms with Gasteiger partial charge in [0.15, 0.2) is 0 Å². The molecule has 1 atom stereocenters. The highest BCUT2D eigenvalue weighted by Crippen LogP contribution is 2.33. The number of rotatable bonds is 3. The second-order valence-corrected chi connectivity index (χ2v) is 4.43. The van der Waals surface area contributed by atoms with Crippen molar-refractivity contribution >= 4 is 23.5 Å². The molecule has 1 aliphatic heterocycles. The van der Waals surface area contributed by atoms with Crippen molar-refractivity contribution in [3.8, 4) is 5.75 Å². The molecular formula is C13H14N2O5. The number of primary amides is 1. The molecule has 3 N–H and O–H groups in total. The quantitative estimate of drug-likeness (QED) is 0.830. The van der Waals surface area contributed by atoms with Gasteiger partial charge in [-0.2, -0.15) is 0 Å². The van der Waals surface area contributed by atoms with Crippen LogP contribution in [0.5, 0.6) is 5.75 Å². The molecule has 7 nitrogen and oxygen atoms in total. The van der Waals surface area contributed by atoms with E-state index in [1.165, 1.54) is 30.0 Å². The Bertz CT molecular complexity index is 584. The van der Waals surface area contributed by atoms with E-state index in [-0.39, 0.29) is 30.2 Å². The Hall–Kier alpha value is -2.57. The largest absolute Gasteiger partial charge is 0.491 e. The van der Waals surface area contributed by atoms with Gasteiger partial charge in [0, 0.05) is 0 Å². The summed E-state index contributed by atoms with van der Waals surface area (Å²) in [5, 5.41) is 8.96. The minimum absolute atomic E-state index is 0.0461. The fraction of sp³-hybridized carbons (Fsp3) is 0.308. The number of amides is 2. The SMILES string of the molecule is CC(C(N)=O)N1C(=O)CCOc2cc(C(=O)O)ccc21. The Kier molecular flexibility index (Phi) is 3.60. The van der Waals surface area contributed by atoms with Crippen molar-refractivity contribution in [1.29, 1.82) is 0 Å². The molecule has 7 heteroatoms. The zero-order valence-electron chi connectivity index (χ0n) is 10.8. The van der Waals surface area contributed by atoms with Gasteiger partial charge >= 0.3 is 5.97 Å². The van der Waals surface area contributed by atoms with E-state index in [9.17, 15) is 14.4 Å². The smallest absolute Gasteiger partial charge is 0.335 e. The third kappa shape index (κ3) is 2.42. The maximum Gasteiger partial charge on any atom is 0.335 e. The van der Waals surface area contributed by atoms with Gasteiger partial charge in [-0.05, 0) is 25.1 Å². The molecule has 0 aromatic heterocycles. The van der Waals surface area contributed by atoms with Gasteiger partial charge in [0.05, 0.1) is 24.3 Å². The van der Waals surface area contributed by atoms with Crippen molar-refractivity contribution in [1.82, 2.24) is 0 Å². The van der Waals surface area contributed by atoms with E-state index >= 15 is 0 Å². The number of fused-ring (bicyclic) bond motifs is 1. The second kappa shape index (κ2) is 5.20. The van der Waals surface area contributed by atoms with Crippen molar-refractivity contribution in [2.24, 2.45) is 5.73 Å². The molecule has 106 valence electrons. The van der Waals surface area contributed by atoms with Crippen LogP contribution in [0.2, 0.25) is 0 Å². The fourth-order valence-electron chi connectivity index (χ4n) is 2.02. The summed E-state index contributed by atoms with van der Waals surface area (Å²) in [6, 6.07) is 3.29. The Morgan fingerprint density at radius 1 is 1.45 bits per heavy atom. The number of hydrogen-bond acceptors (Lipinski definition) is 4. The fourth-order valence-corrected chi connectivity index (χ4v) is 2.02. The van der Waals surface area contributed by atoms with Crippen molar-refractivity contribution < 1.29 is 24.2 Å². The van der Waals surface area contributed by atoms with E-state index in [1.807, 2.05) is 0 Å². The molecule has 20 heavy (non-hydrogen) atoms. The van der Waals surface area contributed by atoms with Crippen molar-refractivity contribution in [2.75, 3.05) is 11.5 Å². The topological polar surface area (TPSA) is 110 Å². The first-order valence-electron chi connectivity index (χ1n) is 6.03. The Labute approximate surface area is 114 Å². The highest BCUT2D eigenvalue weighted by Gasteiger charge is 2.30. The number of nitrogens with zero attached hydrogens (tertiary/aromatic N) is 1. The summed E-state index contributed by atoms with van der Waals surface area (Å²) in [6.45, 7) is 1.64. The van der Waals surface area contributed by atoms with Crippen LogP contribution in [0, 0.1) is 0 Å². The summed E-state index contributed by atoms with van der Waals surface area (Å²) in [6.07, 6.45) is 0.0920. The Morgan fingerprint density at radius 2 is 2.15 bits per heavy atom. The van der Waals surface area contributed by atoms with Crippen LogP contribution < -0.4 is 15.4 Å².